The number of carboxylic acid groups (broad SMARTS) is 1. The van der Waals surface area contributed by atoms with E-state index in [1.165, 1.54) is 48.2 Å². The van der Waals surface area contributed by atoms with E-state index in [0.717, 1.165) is 36.5 Å². The lowest BCUT2D eigenvalue weighted by Gasteiger charge is -2.26. The van der Waals surface area contributed by atoms with Crippen molar-refractivity contribution in [3.63, 3.8) is 0 Å². The minimum absolute atomic E-state index is 0.0437. The summed E-state index contributed by atoms with van der Waals surface area (Å²) < 4.78 is 43.6. The number of nitrogens with zero attached hydrogens (tertiary/aromatic N) is 5. The van der Waals surface area contributed by atoms with Crippen LogP contribution in [0.3, 0.4) is 0 Å². The average Bonchev–Trinajstić information content (AvgIpc) is 3.52. The van der Waals surface area contributed by atoms with Crippen LogP contribution in [0.15, 0.2) is 66.7 Å². The van der Waals surface area contributed by atoms with Crippen molar-refractivity contribution in [3.8, 4) is 17.1 Å². The zero-order chi connectivity index (χ0) is 35.1. The summed E-state index contributed by atoms with van der Waals surface area (Å²) in [6.07, 6.45) is -1.02. The van der Waals surface area contributed by atoms with Crippen LogP contribution >= 0.6 is 0 Å². The highest BCUT2D eigenvalue weighted by Crippen LogP contribution is 2.36. The number of aliphatic hydroxyl groups is 1. The van der Waals surface area contributed by atoms with Crippen molar-refractivity contribution in [2.45, 2.75) is 57.0 Å². The van der Waals surface area contributed by atoms with Gasteiger partial charge in [-0.3, -0.25) is 9.69 Å². The number of anilines is 2. The number of carbonyl (C=O) groups is 3. The summed E-state index contributed by atoms with van der Waals surface area (Å²) in [5.41, 5.74) is 2.56. The van der Waals surface area contributed by atoms with Crippen LogP contribution in [0.4, 0.5) is 29.3 Å². The summed E-state index contributed by atoms with van der Waals surface area (Å²) in [6, 6.07) is 16.9. The number of halogens is 3. The molecule has 0 aliphatic heterocycles. The molecule has 3 aromatic carbocycles. The quantitative estimate of drug-likeness (QED) is 0.165. The number of hydrogen-bond donors (Lipinski definition) is 4. The number of alkyl halides is 3. The number of rotatable bonds is 11. The van der Waals surface area contributed by atoms with Gasteiger partial charge < -0.3 is 25.6 Å². The number of amides is 3. The van der Waals surface area contributed by atoms with Crippen molar-refractivity contribution in [2.75, 3.05) is 16.8 Å². The molecule has 0 unspecified atom stereocenters. The SMILES string of the molecule is Cn1nnc(-c2cc(NC(=O)N(Cc3ccc(C(=O)NC[C@@H](O)C(=O)O)cc3)c3ccc(C4CCCCC4)cc3)ccc2OC(F)(F)F)n1. The maximum absolute atomic E-state index is 13.9. The molecule has 1 fully saturated rings. The monoisotopic (exact) mass is 681 g/mol. The number of ether oxygens (including phenoxy) is 1. The van der Waals surface area contributed by atoms with Gasteiger partial charge >= 0.3 is 18.4 Å². The van der Waals surface area contributed by atoms with Gasteiger partial charge in [0.15, 0.2) is 6.10 Å². The molecule has 4 N–H and O–H groups in total. The molecule has 1 saturated carbocycles. The number of aliphatic hydroxyl groups excluding tert-OH is 1. The van der Waals surface area contributed by atoms with Gasteiger partial charge in [-0.25, -0.2) is 9.59 Å². The van der Waals surface area contributed by atoms with Crippen molar-refractivity contribution in [3.05, 3.63) is 83.4 Å². The number of benzene rings is 3. The molecule has 5 rings (SSSR count). The van der Waals surface area contributed by atoms with Gasteiger partial charge in [0.2, 0.25) is 5.82 Å². The van der Waals surface area contributed by atoms with E-state index in [1.54, 1.807) is 12.1 Å². The van der Waals surface area contributed by atoms with Crippen molar-refractivity contribution in [2.24, 2.45) is 7.05 Å². The highest BCUT2D eigenvalue weighted by molar-refractivity contribution is 6.02. The van der Waals surface area contributed by atoms with Crippen LogP contribution in [0.1, 0.15) is 59.5 Å². The average molecular weight is 682 g/mol. The van der Waals surface area contributed by atoms with E-state index < -0.39 is 42.7 Å². The first kappa shape index (κ1) is 34.8. The Bertz CT molecular complexity index is 1770. The van der Waals surface area contributed by atoms with Gasteiger partial charge in [-0.05, 0) is 77.6 Å². The lowest BCUT2D eigenvalue weighted by Crippen LogP contribution is -2.36. The van der Waals surface area contributed by atoms with Crippen LogP contribution in [0.2, 0.25) is 0 Å². The minimum Gasteiger partial charge on any atom is -0.479 e. The standard InChI is InChI=1S/C33H34F3N7O6/c1-42-40-29(39-41-42)26-17-24(13-16-28(26)49-33(34,35)36)38-32(48)43(25-14-11-22(12-15-25)21-5-3-2-4-6-21)19-20-7-9-23(10-8-20)30(45)37-18-27(44)31(46)47/h7-17,21,27,44H,2-6,18-19H2,1H3,(H,37,45)(H,38,48)(H,46,47)/t27-/m1/s1. The van der Waals surface area contributed by atoms with Crippen molar-refractivity contribution >= 4 is 29.3 Å². The van der Waals surface area contributed by atoms with Crippen LogP contribution < -0.4 is 20.3 Å². The molecule has 3 amide bonds. The van der Waals surface area contributed by atoms with Crippen LogP contribution in [-0.2, 0) is 18.4 Å². The Labute approximate surface area is 278 Å². The Morgan fingerprint density at radius 3 is 2.33 bits per heavy atom. The second-order valence-electron chi connectivity index (χ2n) is 11.6. The summed E-state index contributed by atoms with van der Waals surface area (Å²) in [7, 11) is 1.45. The molecule has 13 nitrogen and oxygen atoms in total. The Kier molecular flexibility index (Phi) is 10.8. The predicted octanol–water partition coefficient (Wildman–Crippen LogP) is 5.24. The molecule has 0 radical (unpaired) electrons. The molecule has 1 heterocycles. The smallest absolute Gasteiger partial charge is 0.479 e. The fourth-order valence-electron chi connectivity index (χ4n) is 5.54. The molecule has 0 bridgehead atoms. The number of aryl methyl sites for hydroxylation is 1. The third kappa shape index (κ3) is 9.31. The summed E-state index contributed by atoms with van der Waals surface area (Å²) >= 11 is 0. The number of aromatic nitrogens is 4. The molecule has 1 aromatic heterocycles. The van der Waals surface area contributed by atoms with E-state index in [0.29, 0.717) is 17.2 Å². The Hall–Kier alpha value is -5.51. The van der Waals surface area contributed by atoms with Gasteiger partial charge in [0.1, 0.15) is 5.75 Å². The van der Waals surface area contributed by atoms with Gasteiger partial charge in [-0.1, -0.05) is 43.5 Å². The van der Waals surface area contributed by atoms with E-state index in [9.17, 15) is 32.7 Å². The first-order valence-electron chi connectivity index (χ1n) is 15.5. The number of hydrogen-bond acceptors (Lipinski definition) is 8. The number of nitrogens with one attached hydrogen (secondary N) is 2. The van der Waals surface area contributed by atoms with Gasteiger partial charge in [0, 0.05) is 16.9 Å². The van der Waals surface area contributed by atoms with Crippen LogP contribution in [0, 0.1) is 0 Å². The Morgan fingerprint density at radius 1 is 1.02 bits per heavy atom. The maximum Gasteiger partial charge on any atom is 0.573 e. The predicted molar refractivity (Wildman–Crippen MR) is 171 cm³/mol. The summed E-state index contributed by atoms with van der Waals surface area (Å²) in [6.45, 7) is -0.430. The van der Waals surface area contributed by atoms with E-state index in [1.807, 2.05) is 24.3 Å². The van der Waals surface area contributed by atoms with E-state index in [-0.39, 0.29) is 29.2 Å². The van der Waals surface area contributed by atoms with Gasteiger partial charge in [-0.15, -0.1) is 23.4 Å². The van der Waals surface area contributed by atoms with Crippen molar-refractivity contribution in [1.29, 1.82) is 0 Å². The van der Waals surface area contributed by atoms with E-state index in [4.69, 9.17) is 5.11 Å². The van der Waals surface area contributed by atoms with Gasteiger partial charge in [-0.2, -0.15) is 4.80 Å². The molecule has 1 aliphatic rings. The molecular weight excluding hydrogens is 647 g/mol. The maximum atomic E-state index is 13.9. The Balaban J connectivity index is 1.40. The van der Waals surface area contributed by atoms with Gasteiger partial charge in [0.05, 0.1) is 25.7 Å². The molecule has 1 aliphatic carbocycles. The molecule has 4 aromatic rings. The molecule has 0 saturated heterocycles. The minimum atomic E-state index is -4.99. The summed E-state index contributed by atoms with van der Waals surface area (Å²) in [4.78, 5) is 39.7. The highest BCUT2D eigenvalue weighted by atomic mass is 19.4. The molecule has 1 atom stereocenters. The molecule has 258 valence electrons. The van der Waals surface area contributed by atoms with E-state index >= 15 is 0 Å². The van der Waals surface area contributed by atoms with Gasteiger partial charge in [0.25, 0.3) is 5.91 Å². The third-order valence-corrected chi connectivity index (χ3v) is 8.03. The largest absolute Gasteiger partial charge is 0.573 e. The first-order valence-corrected chi connectivity index (χ1v) is 15.5. The normalized spacial score (nSPS) is 14.1. The third-order valence-electron chi connectivity index (χ3n) is 8.03. The van der Waals surface area contributed by atoms with Crippen molar-refractivity contribution < 1.29 is 42.5 Å². The lowest BCUT2D eigenvalue weighted by atomic mass is 9.84. The molecular formula is C33H34F3N7O6. The molecule has 49 heavy (non-hydrogen) atoms. The number of carbonyl (C=O) groups excluding carboxylic acids is 2. The zero-order valence-corrected chi connectivity index (χ0v) is 26.4. The van der Waals surface area contributed by atoms with E-state index in [2.05, 4.69) is 30.8 Å². The fourth-order valence-corrected chi connectivity index (χ4v) is 5.54. The van der Waals surface area contributed by atoms with Crippen molar-refractivity contribution in [1.82, 2.24) is 25.5 Å². The second kappa shape index (κ2) is 15.1. The summed E-state index contributed by atoms with van der Waals surface area (Å²) in [5.74, 6) is -2.34. The number of tetrazole rings is 1. The fraction of sp³-hybridized carbons (Fsp3) is 0.333. The Morgan fingerprint density at radius 2 is 1.71 bits per heavy atom. The topological polar surface area (TPSA) is 172 Å². The number of aliphatic carboxylic acids is 1. The zero-order valence-electron chi connectivity index (χ0n) is 26.4. The van der Waals surface area contributed by atoms with Crippen LogP contribution in [0.25, 0.3) is 11.4 Å². The molecule has 0 spiro atoms. The first-order chi connectivity index (χ1) is 23.4. The molecule has 16 heteroatoms. The summed E-state index contributed by atoms with van der Waals surface area (Å²) in [5, 5.41) is 34.8. The lowest BCUT2D eigenvalue weighted by molar-refractivity contribution is -0.274. The van der Waals surface area contributed by atoms with Crippen LogP contribution in [-0.4, -0.2) is 67.3 Å². The second-order valence-corrected chi connectivity index (χ2v) is 11.6. The number of carboxylic acids is 1. The van der Waals surface area contributed by atoms with Crippen LogP contribution in [0.5, 0.6) is 5.75 Å². The highest BCUT2D eigenvalue weighted by Gasteiger charge is 2.33. The number of urea groups is 1.